The summed E-state index contributed by atoms with van der Waals surface area (Å²) in [6, 6.07) is 18.1. The number of nitrogens with zero attached hydrogens (tertiary/aromatic N) is 1. The zero-order valence-corrected chi connectivity index (χ0v) is 19.8. The highest BCUT2D eigenvalue weighted by atomic mass is 16.5. The van der Waals surface area contributed by atoms with Gasteiger partial charge < -0.3 is 24.4 Å². The van der Waals surface area contributed by atoms with E-state index in [1.54, 1.807) is 17.0 Å². The van der Waals surface area contributed by atoms with E-state index in [0.29, 0.717) is 35.0 Å². The van der Waals surface area contributed by atoms with Crippen molar-refractivity contribution in [2.24, 2.45) is 0 Å². The van der Waals surface area contributed by atoms with E-state index >= 15 is 0 Å². The molecule has 7 nitrogen and oxygen atoms in total. The van der Waals surface area contributed by atoms with Crippen molar-refractivity contribution < 1.29 is 23.8 Å². The molecule has 4 rings (SSSR count). The van der Waals surface area contributed by atoms with Gasteiger partial charge in [-0.2, -0.15) is 0 Å². The summed E-state index contributed by atoms with van der Waals surface area (Å²) in [6.45, 7) is 2.40. The molecule has 0 aliphatic carbocycles. The van der Waals surface area contributed by atoms with Crippen LogP contribution in [-0.2, 0) is 11.3 Å². The van der Waals surface area contributed by atoms with Gasteiger partial charge in [0.2, 0.25) is 11.7 Å². The van der Waals surface area contributed by atoms with E-state index in [4.69, 9.17) is 14.2 Å². The van der Waals surface area contributed by atoms with Crippen LogP contribution in [0, 0.1) is 6.92 Å². The van der Waals surface area contributed by atoms with Crippen molar-refractivity contribution >= 4 is 17.5 Å². The first-order valence-corrected chi connectivity index (χ1v) is 11.0. The normalized spacial score (nSPS) is 13.3. The lowest BCUT2D eigenvalue weighted by atomic mass is 10.00. The van der Waals surface area contributed by atoms with Gasteiger partial charge in [-0.05, 0) is 48.4 Å². The molecule has 1 aliphatic rings. The van der Waals surface area contributed by atoms with Gasteiger partial charge in [0.1, 0.15) is 0 Å². The van der Waals surface area contributed by atoms with E-state index in [-0.39, 0.29) is 18.2 Å². The SMILES string of the molecule is COc1cc(C(CC(=O)Nc2ccc(C)cc2)N2Cc3ccccc3C2=O)cc(OC)c1OC. The maximum Gasteiger partial charge on any atom is 0.255 e. The van der Waals surface area contributed by atoms with Crippen molar-refractivity contribution in [3.63, 3.8) is 0 Å². The first-order valence-electron chi connectivity index (χ1n) is 11.0. The number of benzene rings is 3. The average Bonchev–Trinajstić information content (AvgIpc) is 3.19. The summed E-state index contributed by atoms with van der Waals surface area (Å²) in [4.78, 5) is 28.2. The zero-order chi connectivity index (χ0) is 24.2. The molecule has 0 spiro atoms. The van der Waals surface area contributed by atoms with E-state index in [9.17, 15) is 9.59 Å². The quantitative estimate of drug-likeness (QED) is 0.525. The molecule has 1 heterocycles. The Hall–Kier alpha value is -4.00. The smallest absolute Gasteiger partial charge is 0.255 e. The summed E-state index contributed by atoms with van der Waals surface area (Å²) in [5, 5.41) is 2.94. The number of hydrogen-bond donors (Lipinski definition) is 1. The first kappa shape index (κ1) is 23.2. The zero-order valence-electron chi connectivity index (χ0n) is 19.8. The lowest BCUT2D eigenvalue weighted by molar-refractivity contribution is -0.117. The fraction of sp³-hybridized carbons (Fsp3) is 0.259. The Labute approximate surface area is 199 Å². The second kappa shape index (κ2) is 9.87. The minimum absolute atomic E-state index is 0.0617. The molecule has 1 atom stereocenters. The second-order valence-corrected chi connectivity index (χ2v) is 8.18. The molecule has 1 aliphatic heterocycles. The van der Waals surface area contributed by atoms with Crippen LogP contribution >= 0.6 is 0 Å². The molecule has 2 amide bonds. The number of amides is 2. The number of methoxy groups -OCH3 is 3. The first-order chi connectivity index (χ1) is 16.4. The van der Waals surface area contributed by atoms with Crippen LogP contribution in [0.4, 0.5) is 5.69 Å². The van der Waals surface area contributed by atoms with Crippen LogP contribution < -0.4 is 19.5 Å². The van der Waals surface area contributed by atoms with Gasteiger partial charge in [-0.25, -0.2) is 0 Å². The van der Waals surface area contributed by atoms with Gasteiger partial charge in [-0.3, -0.25) is 9.59 Å². The number of fused-ring (bicyclic) bond motifs is 1. The monoisotopic (exact) mass is 460 g/mol. The number of anilines is 1. The molecule has 3 aromatic rings. The van der Waals surface area contributed by atoms with E-state index < -0.39 is 6.04 Å². The Bertz CT molecular complexity index is 1180. The van der Waals surface area contributed by atoms with Crippen LogP contribution in [0.3, 0.4) is 0 Å². The van der Waals surface area contributed by atoms with Gasteiger partial charge in [0.25, 0.3) is 5.91 Å². The fourth-order valence-electron chi connectivity index (χ4n) is 4.25. The second-order valence-electron chi connectivity index (χ2n) is 8.18. The molecule has 1 unspecified atom stereocenters. The van der Waals surface area contributed by atoms with E-state index in [2.05, 4.69) is 5.32 Å². The van der Waals surface area contributed by atoms with Crippen molar-refractivity contribution in [3.05, 3.63) is 82.9 Å². The van der Waals surface area contributed by atoms with Crippen LogP contribution in [0.2, 0.25) is 0 Å². The third kappa shape index (κ3) is 4.55. The summed E-state index contributed by atoms with van der Waals surface area (Å²) in [6.07, 6.45) is 0.0617. The highest BCUT2D eigenvalue weighted by molar-refractivity contribution is 5.99. The van der Waals surface area contributed by atoms with E-state index in [1.165, 1.54) is 21.3 Å². The van der Waals surface area contributed by atoms with Gasteiger partial charge in [0.15, 0.2) is 11.5 Å². The van der Waals surface area contributed by atoms with Crippen LogP contribution in [0.1, 0.15) is 39.5 Å². The third-order valence-corrected chi connectivity index (χ3v) is 6.01. The van der Waals surface area contributed by atoms with Gasteiger partial charge >= 0.3 is 0 Å². The summed E-state index contributed by atoms with van der Waals surface area (Å²) < 4.78 is 16.5. The topological polar surface area (TPSA) is 77.1 Å². The van der Waals surface area contributed by atoms with Crippen molar-refractivity contribution in [1.29, 1.82) is 0 Å². The van der Waals surface area contributed by atoms with Crippen LogP contribution in [0.5, 0.6) is 17.2 Å². The fourth-order valence-corrected chi connectivity index (χ4v) is 4.25. The van der Waals surface area contributed by atoms with Gasteiger partial charge in [-0.15, -0.1) is 0 Å². The molecule has 0 bridgehead atoms. The number of rotatable bonds is 8. The van der Waals surface area contributed by atoms with Gasteiger partial charge in [0, 0.05) is 17.8 Å². The molecule has 3 aromatic carbocycles. The number of hydrogen-bond acceptors (Lipinski definition) is 5. The van der Waals surface area contributed by atoms with Gasteiger partial charge in [-0.1, -0.05) is 35.9 Å². The minimum Gasteiger partial charge on any atom is -0.493 e. The maximum absolute atomic E-state index is 13.3. The molecule has 7 heteroatoms. The summed E-state index contributed by atoms with van der Waals surface area (Å²) in [7, 11) is 4.61. The molecule has 0 saturated heterocycles. The number of carbonyl (C=O) groups excluding carboxylic acids is 2. The average molecular weight is 461 g/mol. The predicted octanol–water partition coefficient (Wildman–Crippen LogP) is 4.75. The molecule has 176 valence electrons. The Balaban J connectivity index is 1.71. The molecule has 1 N–H and O–H groups in total. The molecule has 0 saturated carbocycles. The van der Waals surface area contributed by atoms with E-state index in [0.717, 1.165) is 16.7 Å². The van der Waals surface area contributed by atoms with Crippen LogP contribution in [-0.4, -0.2) is 38.0 Å². The number of nitrogens with one attached hydrogen (secondary N) is 1. The molecule has 0 fully saturated rings. The molecular weight excluding hydrogens is 432 g/mol. The summed E-state index contributed by atoms with van der Waals surface area (Å²) in [5.41, 5.74) is 4.11. The Kier molecular flexibility index (Phi) is 6.72. The van der Waals surface area contributed by atoms with E-state index in [1.807, 2.05) is 55.5 Å². The summed E-state index contributed by atoms with van der Waals surface area (Å²) >= 11 is 0. The Morgan fingerprint density at radius 3 is 2.21 bits per heavy atom. The molecule has 0 radical (unpaired) electrons. The molecular formula is C27H28N2O5. The molecule has 34 heavy (non-hydrogen) atoms. The number of ether oxygens (including phenoxy) is 3. The van der Waals surface area contributed by atoms with Crippen LogP contribution in [0.25, 0.3) is 0 Å². The van der Waals surface area contributed by atoms with Crippen molar-refractivity contribution in [1.82, 2.24) is 4.90 Å². The standard InChI is InChI=1S/C27H28N2O5/c1-17-9-11-20(12-10-17)28-25(30)15-22(29-16-18-7-5-6-8-21(18)27(29)31)19-13-23(32-2)26(34-4)24(14-19)33-3/h5-14,22H,15-16H2,1-4H3,(H,28,30). The number of aryl methyl sites for hydroxylation is 1. The maximum atomic E-state index is 13.3. The lowest BCUT2D eigenvalue weighted by Crippen LogP contribution is -2.32. The minimum atomic E-state index is -0.543. The Morgan fingerprint density at radius 2 is 1.62 bits per heavy atom. The van der Waals surface area contributed by atoms with Gasteiger partial charge in [0.05, 0.1) is 33.8 Å². The highest BCUT2D eigenvalue weighted by Gasteiger charge is 2.35. The molecule has 0 aromatic heterocycles. The van der Waals surface area contributed by atoms with Crippen LogP contribution in [0.15, 0.2) is 60.7 Å². The Morgan fingerprint density at radius 1 is 0.971 bits per heavy atom. The van der Waals surface area contributed by atoms with Crippen molar-refractivity contribution in [2.75, 3.05) is 26.6 Å². The van der Waals surface area contributed by atoms with Crippen molar-refractivity contribution in [3.8, 4) is 17.2 Å². The third-order valence-electron chi connectivity index (χ3n) is 6.01. The summed E-state index contributed by atoms with van der Waals surface area (Å²) in [5.74, 6) is 1.06. The predicted molar refractivity (Wildman–Crippen MR) is 130 cm³/mol. The van der Waals surface area contributed by atoms with Crippen molar-refractivity contribution in [2.45, 2.75) is 25.9 Å². The lowest BCUT2D eigenvalue weighted by Gasteiger charge is -2.29. The largest absolute Gasteiger partial charge is 0.493 e. The number of carbonyl (C=O) groups is 2. The highest BCUT2D eigenvalue weighted by Crippen LogP contribution is 2.43.